The molecule has 32 heavy (non-hydrogen) atoms. The fraction of sp³-hybridized carbons (Fsp3) is 0.348. The number of amides is 1. The number of nitrogens with zero attached hydrogens (tertiary/aromatic N) is 2. The lowest BCUT2D eigenvalue weighted by atomic mass is 10.3. The number of benzene rings is 1. The third kappa shape index (κ3) is 6.29. The zero-order valence-electron chi connectivity index (χ0n) is 18.7. The predicted molar refractivity (Wildman–Crippen MR) is 127 cm³/mol. The molecule has 0 aliphatic heterocycles. The molecular weight excluding hydrogens is 446 g/mol. The third-order valence-corrected chi connectivity index (χ3v) is 8.08. The Hall–Kier alpha value is -2.46. The summed E-state index contributed by atoms with van der Waals surface area (Å²) in [4.78, 5) is 17.3. The summed E-state index contributed by atoms with van der Waals surface area (Å²) in [5, 5.41) is 2.86. The minimum atomic E-state index is -3.56. The van der Waals surface area contributed by atoms with Gasteiger partial charge in [0.1, 0.15) is 5.76 Å². The Kier molecular flexibility index (Phi) is 7.89. The number of carbonyl (C=O) groups is 1. The highest BCUT2D eigenvalue weighted by atomic mass is 32.2. The van der Waals surface area contributed by atoms with Crippen molar-refractivity contribution in [3.63, 3.8) is 0 Å². The van der Waals surface area contributed by atoms with E-state index in [0.29, 0.717) is 18.8 Å². The molecule has 1 aromatic carbocycles. The molecule has 0 radical (unpaired) electrons. The van der Waals surface area contributed by atoms with Crippen molar-refractivity contribution in [2.24, 2.45) is 0 Å². The van der Waals surface area contributed by atoms with Crippen LogP contribution in [0.25, 0.3) is 0 Å². The monoisotopic (exact) mass is 475 g/mol. The van der Waals surface area contributed by atoms with Crippen molar-refractivity contribution in [2.45, 2.75) is 44.8 Å². The van der Waals surface area contributed by atoms with Gasteiger partial charge in [0.25, 0.3) is 0 Å². The molecule has 0 saturated carbocycles. The van der Waals surface area contributed by atoms with Crippen LogP contribution in [-0.4, -0.2) is 43.2 Å². The number of thiophene rings is 1. The zero-order valence-corrected chi connectivity index (χ0v) is 20.4. The predicted octanol–water partition coefficient (Wildman–Crippen LogP) is 4.32. The first-order valence-corrected chi connectivity index (χ1v) is 12.6. The Labute approximate surface area is 193 Å². The van der Waals surface area contributed by atoms with Gasteiger partial charge in [-0.1, -0.05) is 0 Å². The van der Waals surface area contributed by atoms with Gasteiger partial charge in [-0.25, -0.2) is 8.42 Å². The highest BCUT2D eigenvalue weighted by molar-refractivity contribution is 7.89. The topological polar surface area (TPSA) is 82.9 Å². The molecule has 2 aromatic heterocycles. The van der Waals surface area contributed by atoms with Gasteiger partial charge in [-0.3, -0.25) is 9.69 Å². The fourth-order valence-electron chi connectivity index (χ4n) is 3.14. The fourth-order valence-corrected chi connectivity index (χ4v) is 5.44. The first kappa shape index (κ1) is 24.2. The maximum absolute atomic E-state index is 12.7. The van der Waals surface area contributed by atoms with Crippen molar-refractivity contribution in [1.29, 1.82) is 0 Å². The molecule has 0 atom stereocenters. The molecule has 3 aromatic rings. The first-order valence-electron chi connectivity index (χ1n) is 10.3. The van der Waals surface area contributed by atoms with Crippen molar-refractivity contribution >= 4 is 33.0 Å². The molecule has 0 saturated heterocycles. The molecule has 0 bridgehead atoms. The van der Waals surface area contributed by atoms with Gasteiger partial charge in [0.2, 0.25) is 15.9 Å². The Balaban J connectivity index is 1.66. The molecule has 0 unspecified atom stereocenters. The Morgan fingerprint density at radius 2 is 1.81 bits per heavy atom. The second-order valence-electron chi connectivity index (χ2n) is 7.92. The van der Waals surface area contributed by atoms with Crippen LogP contribution in [0, 0.1) is 6.92 Å². The van der Waals surface area contributed by atoms with Gasteiger partial charge in [0.15, 0.2) is 0 Å². The molecule has 2 heterocycles. The molecule has 0 fully saturated rings. The second-order valence-corrected chi connectivity index (χ2v) is 11.3. The molecule has 0 aliphatic rings. The number of furan rings is 1. The summed E-state index contributed by atoms with van der Waals surface area (Å²) in [6.07, 6.45) is 1.62. The van der Waals surface area contributed by atoms with Crippen molar-refractivity contribution in [2.75, 3.05) is 18.9 Å². The first-order chi connectivity index (χ1) is 15.1. The van der Waals surface area contributed by atoms with Crippen molar-refractivity contribution in [3.05, 3.63) is 70.3 Å². The van der Waals surface area contributed by atoms with Crippen molar-refractivity contribution in [1.82, 2.24) is 9.21 Å². The lowest BCUT2D eigenvalue weighted by Gasteiger charge is -2.21. The van der Waals surface area contributed by atoms with E-state index in [0.717, 1.165) is 5.76 Å². The van der Waals surface area contributed by atoms with E-state index in [4.69, 9.17) is 4.42 Å². The van der Waals surface area contributed by atoms with Crippen LogP contribution in [0.15, 0.2) is 64.1 Å². The normalized spacial score (nSPS) is 12.1. The summed E-state index contributed by atoms with van der Waals surface area (Å²) >= 11 is 1.70. The lowest BCUT2D eigenvalue weighted by molar-refractivity contribution is -0.117. The van der Waals surface area contributed by atoms with Crippen molar-refractivity contribution < 1.29 is 17.6 Å². The van der Waals surface area contributed by atoms with E-state index in [-0.39, 0.29) is 23.4 Å². The lowest BCUT2D eigenvalue weighted by Crippen LogP contribution is -2.33. The average molecular weight is 476 g/mol. The van der Waals surface area contributed by atoms with Crippen LogP contribution < -0.4 is 5.32 Å². The van der Waals surface area contributed by atoms with Crippen LogP contribution >= 0.6 is 11.3 Å². The SMILES string of the molecule is Cc1ccc(CN(CC(=O)Nc2ccc(S(=O)(=O)N(C)C(C)C)cc2)Cc2ccco2)s1. The van der Waals surface area contributed by atoms with Crippen molar-refractivity contribution in [3.8, 4) is 0 Å². The number of hydrogen-bond donors (Lipinski definition) is 1. The largest absolute Gasteiger partial charge is 0.468 e. The van der Waals surface area contributed by atoms with Gasteiger partial charge in [-0.15, -0.1) is 11.3 Å². The number of aryl methyl sites for hydroxylation is 1. The molecule has 1 N–H and O–H groups in total. The molecular formula is C23H29N3O4S2. The van der Waals surface area contributed by atoms with Crippen LogP contribution in [0.5, 0.6) is 0 Å². The molecule has 172 valence electrons. The summed E-state index contributed by atoms with van der Waals surface area (Å²) in [7, 11) is -2.01. The Bertz CT molecular complexity index is 1120. The molecule has 1 amide bonds. The molecule has 3 rings (SSSR count). The molecule has 9 heteroatoms. The van der Waals surface area contributed by atoms with Crippen LogP contribution in [0.3, 0.4) is 0 Å². The summed E-state index contributed by atoms with van der Waals surface area (Å²) in [5.74, 6) is 0.606. The van der Waals surface area contributed by atoms with Crippen LogP contribution in [0.4, 0.5) is 5.69 Å². The van der Waals surface area contributed by atoms with Crippen LogP contribution in [-0.2, 0) is 27.9 Å². The van der Waals surface area contributed by atoms with Gasteiger partial charge >= 0.3 is 0 Å². The maximum atomic E-state index is 12.7. The van der Waals surface area contributed by atoms with Crippen LogP contribution in [0.2, 0.25) is 0 Å². The minimum absolute atomic E-state index is 0.147. The van der Waals surface area contributed by atoms with E-state index in [1.807, 2.05) is 30.9 Å². The number of carbonyl (C=O) groups excluding carboxylic acids is 1. The number of nitrogens with one attached hydrogen (secondary N) is 1. The smallest absolute Gasteiger partial charge is 0.243 e. The number of hydrogen-bond acceptors (Lipinski definition) is 6. The van der Waals surface area contributed by atoms with Gasteiger partial charge in [0.05, 0.1) is 24.2 Å². The summed E-state index contributed by atoms with van der Waals surface area (Å²) in [5.41, 5.74) is 0.547. The van der Waals surface area contributed by atoms with E-state index >= 15 is 0 Å². The van der Waals surface area contributed by atoms with E-state index < -0.39 is 10.0 Å². The van der Waals surface area contributed by atoms with Gasteiger partial charge in [0, 0.05) is 35.1 Å². The van der Waals surface area contributed by atoms with E-state index in [2.05, 4.69) is 24.4 Å². The summed E-state index contributed by atoms with van der Waals surface area (Å²) in [6.45, 7) is 7.01. The van der Waals surface area contributed by atoms with Crippen LogP contribution in [0.1, 0.15) is 29.4 Å². The van der Waals surface area contributed by atoms with Gasteiger partial charge < -0.3 is 9.73 Å². The maximum Gasteiger partial charge on any atom is 0.243 e. The standard InChI is InChI=1S/C23H29N3O4S2/c1-17(2)25(4)32(28,29)22-11-8-19(9-12-22)24-23(27)16-26(14-20-6-5-13-30-20)15-21-10-7-18(3)31-21/h5-13,17H,14-16H2,1-4H3,(H,24,27). The zero-order chi connectivity index (χ0) is 23.3. The number of sulfonamides is 1. The second kappa shape index (κ2) is 10.4. The Morgan fingerprint density at radius 1 is 1.09 bits per heavy atom. The van der Waals surface area contributed by atoms with E-state index in [1.54, 1.807) is 36.8 Å². The minimum Gasteiger partial charge on any atom is -0.468 e. The Morgan fingerprint density at radius 3 is 2.38 bits per heavy atom. The number of anilines is 1. The average Bonchev–Trinajstić information content (AvgIpc) is 3.39. The molecule has 7 nitrogen and oxygen atoms in total. The van der Waals surface area contributed by atoms with E-state index in [1.165, 1.54) is 26.2 Å². The van der Waals surface area contributed by atoms with E-state index in [9.17, 15) is 13.2 Å². The quantitative estimate of drug-likeness (QED) is 0.472. The number of rotatable bonds is 10. The highest BCUT2D eigenvalue weighted by Gasteiger charge is 2.23. The van der Waals surface area contributed by atoms with Gasteiger partial charge in [-0.05, 0) is 69.3 Å². The summed E-state index contributed by atoms with van der Waals surface area (Å²) in [6, 6.07) is 14.0. The molecule has 0 aliphatic carbocycles. The summed E-state index contributed by atoms with van der Waals surface area (Å²) < 4.78 is 32.0. The third-order valence-electron chi connectivity index (χ3n) is 5.04. The highest BCUT2D eigenvalue weighted by Crippen LogP contribution is 2.20. The molecule has 0 spiro atoms. The van der Waals surface area contributed by atoms with Gasteiger partial charge in [-0.2, -0.15) is 4.31 Å².